The van der Waals surface area contributed by atoms with E-state index in [1.807, 2.05) is 6.92 Å². The minimum absolute atomic E-state index is 0.551. The van der Waals surface area contributed by atoms with E-state index in [-0.39, 0.29) is 0 Å². The number of aryl methyl sites for hydroxylation is 2. The van der Waals surface area contributed by atoms with Crippen molar-refractivity contribution in [2.45, 2.75) is 32.7 Å². The van der Waals surface area contributed by atoms with Gasteiger partial charge in [-0.1, -0.05) is 24.3 Å². The first kappa shape index (κ1) is 13.1. The van der Waals surface area contributed by atoms with Crippen molar-refractivity contribution in [1.29, 1.82) is 0 Å². The molecular weight excluding hydrogens is 246 g/mol. The highest BCUT2D eigenvalue weighted by molar-refractivity contribution is 5.64. The molecule has 0 saturated carbocycles. The zero-order chi connectivity index (χ0) is 13.9. The van der Waals surface area contributed by atoms with Gasteiger partial charge >= 0.3 is 0 Å². The van der Waals surface area contributed by atoms with Crippen LogP contribution in [0.5, 0.6) is 0 Å². The maximum Gasteiger partial charge on any atom is 0.133 e. The van der Waals surface area contributed by atoms with Crippen LogP contribution in [0.2, 0.25) is 0 Å². The molecule has 0 atom stereocenters. The number of rotatable bonds is 2. The molecule has 1 aromatic heterocycles. The van der Waals surface area contributed by atoms with Crippen molar-refractivity contribution >= 4 is 11.5 Å². The van der Waals surface area contributed by atoms with Crippen LogP contribution in [0.3, 0.4) is 0 Å². The Balaban J connectivity index is 2.03. The molecule has 1 aromatic carbocycles. The molecule has 0 spiro atoms. The molecule has 20 heavy (non-hydrogen) atoms. The molecule has 3 nitrogen and oxygen atoms in total. The van der Waals surface area contributed by atoms with Crippen LogP contribution in [0.15, 0.2) is 36.4 Å². The predicted molar refractivity (Wildman–Crippen MR) is 83.3 cm³/mol. The summed E-state index contributed by atoms with van der Waals surface area (Å²) in [5.74, 6) is 1.04. The molecule has 0 amide bonds. The molecule has 0 radical (unpaired) electrons. The van der Waals surface area contributed by atoms with E-state index in [2.05, 4.69) is 41.3 Å². The van der Waals surface area contributed by atoms with Gasteiger partial charge in [0.25, 0.3) is 0 Å². The Morgan fingerprint density at radius 3 is 2.80 bits per heavy atom. The molecule has 104 valence electrons. The van der Waals surface area contributed by atoms with Gasteiger partial charge in [0.15, 0.2) is 0 Å². The molecule has 3 rings (SSSR count). The Kier molecular flexibility index (Phi) is 3.70. The van der Waals surface area contributed by atoms with Crippen LogP contribution in [-0.2, 0) is 13.0 Å². The number of fused-ring (bicyclic) bond motifs is 1. The van der Waals surface area contributed by atoms with Gasteiger partial charge in [-0.25, -0.2) is 4.98 Å². The Morgan fingerprint density at radius 1 is 1.15 bits per heavy atom. The normalized spacial score (nSPS) is 14.8. The molecule has 2 heterocycles. The van der Waals surface area contributed by atoms with Crippen molar-refractivity contribution in [3.63, 3.8) is 0 Å². The summed E-state index contributed by atoms with van der Waals surface area (Å²) in [6, 6.07) is 12.9. The lowest BCUT2D eigenvalue weighted by molar-refractivity contribution is 0.757. The van der Waals surface area contributed by atoms with Crippen LogP contribution in [0.4, 0.5) is 11.5 Å². The summed E-state index contributed by atoms with van der Waals surface area (Å²) < 4.78 is 0. The summed E-state index contributed by atoms with van der Waals surface area (Å²) in [6.07, 6.45) is 3.61. The number of pyridine rings is 1. The smallest absolute Gasteiger partial charge is 0.133 e. The Labute approximate surface area is 120 Å². The first-order chi connectivity index (χ1) is 9.79. The van der Waals surface area contributed by atoms with Gasteiger partial charge in [0.2, 0.25) is 0 Å². The summed E-state index contributed by atoms with van der Waals surface area (Å²) in [6.45, 7) is 3.62. The monoisotopic (exact) mass is 267 g/mol. The highest BCUT2D eigenvalue weighted by Gasteiger charge is 2.17. The van der Waals surface area contributed by atoms with E-state index >= 15 is 0 Å². The number of hydrogen-bond donors (Lipinski definition) is 1. The molecule has 0 fully saturated rings. The van der Waals surface area contributed by atoms with Crippen LogP contribution in [0.25, 0.3) is 0 Å². The second kappa shape index (κ2) is 5.63. The molecule has 3 heteroatoms. The molecular formula is C17H21N3. The van der Waals surface area contributed by atoms with Crippen molar-refractivity contribution in [2.75, 3.05) is 11.4 Å². The highest BCUT2D eigenvalue weighted by Crippen LogP contribution is 2.31. The average molecular weight is 267 g/mol. The van der Waals surface area contributed by atoms with Gasteiger partial charge in [-0.3, -0.25) is 0 Å². The molecule has 0 unspecified atom stereocenters. The number of anilines is 2. The predicted octanol–water partition coefficient (Wildman–Crippen LogP) is 3.32. The summed E-state index contributed by atoms with van der Waals surface area (Å²) in [5.41, 5.74) is 10.6. The fourth-order valence-corrected chi connectivity index (χ4v) is 2.87. The van der Waals surface area contributed by atoms with Gasteiger partial charge in [-0.15, -0.1) is 0 Å². The summed E-state index contributed by atoms with van der Waals surface area (Å²) in [7, 11) is 0. The van der Waals surface area contributed by atoms with Gasteiger partial charge in [0.05, 0.1) is 0 Å². The quantitative estimate of drug-likeness (QED) is 0.907. The van der Waals surface area contributed by atoms with Crippen molar-refractivity contribution in [2.24, 2.45) is 5.73 Å². The fourth-order valence-electron chi connectivity index (χ4n) is 2.87. The third-order valence-electron chi connectivity index (χ3n) is 4.04. The minimum Gasteiger partial charge on any atom is -0.326 e. The van der Waals surface area contributed by atoms with E-state index in [0.717, 1.165) is 30.0 Å². The van der Waals surface area contributed by atoms with Gasteiger partial charge < -0.3 is 10.6 Å². The van der Waals surface area contributed by atoms with Crippen molar-refractivity contribution in [3.8, 4) is 0 Å². The van der Waals surface area contributed by atoms with Crippen molar-refractivity contribution in [3.05, 3.63) is 53.2 Å². The van der Waals surface area contributed by atoms with E-state index in [1.54, 1.807) is 0 Å². The number of aromatic nitrogens is 1. The van der Waals surface area contributed by atoms with Crippen LogP contribution in [-0.4, -0.2) is 11.5 Å². The second-order valence-electron chi connectivity index (χ2n) is 5.36. The molecule has 2 N–H and O–H groups in total. The third-order valence-corrected chi connectivity index (χ3v) is 4.04. The number of para-hydroxylation sites is 1. The van der Waals surface area contributed by atoms with E-state index in [1.165, 1.54) is 24.1 Å². The van der Waals surface area contributed by atoms with Crippen LogP contribution < -0.4 is 10.6 Å². The second-order valence-corrected chi connectivity index (χ2v) is 5.36. The Morgan fingerprint density at radius 2 is 2.00 bits per heavy atom. The zero-order valence-electron chi connectivity index (χ0n) is 12.0. The van der Waals surface area contributed by atoms with E-state index in [0.29, 0.717) is 6.54 Å². The molecule has 0 bridgehead atoms. The topological polar surface area (TPSA) is 42.2 Å². The zero-order valence-corrected chi connectivity index (χ0v) is 12.0. The van der Waals surface area contributed by atoms with E-state index in [4.69, 9.17) is 10.7 Å². The van der Waals surface area contributed by atoms with Crippen LogP contribution in [0.1, 0.15) is 29.7 Å². The lowest BCUT2D eigenvalue weighted by Crippen LogP contribution is -2.19. The summed E-state index contributed by atoms with van der Waals surface area (Å²) in [5, 5.41) is 0. The van der Waals surface area contributed by atoms with Gasteiger partial charge in [-0.05, 0) is 49.4 Å². The van der Waals surface area contributed by atoms with Gasteiger partial charge in [0.1, 0.15) is 5.82 Å². The lowest BCUT2D eigenvalue weighted by atomic mass is 10.1. The largest absolute Gasteiger partial charge is 0.326 e. The van der Waals surface area contributed by atoms with Crippen LogP contribution >= 0.6 is 0 Å². The van der Waals surface area contributed by atoms with Crippen LogP contribution in [0, 0.1) is 6.92 Å². The Hall–Kier alpha value is -1.87. The molecule has 2 aromatic rings. The standard InChI is InChI=1S/C17H21N3/c1-13-15(12-18)9-10-17(19-13)20-11-5-4-7-14-6-2-3-8-16(14)20/h2-3,6,8-10H,4-5,7,11-12,18H2,1H3. The maximum absolute atomic E-state index is 5.73. The fraction of sp³-hybridized carbons (Fsp3) is 0.353. The number of nitrogens with zero attached hydrogens (tertiary/aromatic N) is 2. The molecule has 0 aliphatic carbocycles. The lowest BCUT2D eigenvalue weighted by Gasteiger charge is -2.24. The van der Waals surface area contributed by atoms with E-state index in [9.17, 15) is 0 Å². The SMILES string of the molecule is Cc1nc(N2CCCCc3ccccc32)ccc1CN. The highest BCUT2D eigenvalue weighted by atomic mass is 15.2. The maximum atomic E-state index is 5.73. The van der Waals surface area contributed by atoms with E-state index < -0.39 is 0 Å². The third kappa shape index (κ3) is 2.41. The molecule has 0 saturated heterocycles. The van der Waals surface area contributed by atoms with Crippen molar-refractivity contribution < 1.29 is 0 Å². The van der Waals surface area contributed by atoms with Gasteiger partial charge in [-0.2, -0.15) is 0 Å². The number of benzene rings is 1. The van der Waals surface area contributed by atoms with Crippen molar-refractivity contribution in [1.82, 2.24) is 4.98 Å². The summed E-state index contributed by atoms with van der Waals surface area (Å²) >= 11 is 0. The molecule has 1 aliphatic heterocycles. The summed E-state index contributed by atoms with van der Waals surface area (Å²) in [4.78, 5) is 7.10. The number of hydrogen-bond acceptors (Lipinski definition) is 3. The first-order valence-electron chi connectivity index (χ1n) is 7.31. The Bertz CT molecular complexity index is 607. The number of nitrogens with two attached hydrogens (primary N) is 1. The average Bonchev–Trinajstić information content (AvgIpc) is 2.69. The van der Waals surface area contributed by atoms with Gasteiger partial charge in [0, 0.05) is 24.5 Å². The molecule has 1 aliphatic rings. The minimum atomic E-state index is 0.551. The first-order valence-corrected chi connectivity index (χ1v) is 7.31.